The van der Waals surface area contributed by atoms with Gasteiger partial charge >= 0.3 is 6.61 Å². The van der Waals surface area contributed by atoms with Crippen LogP contribution in [-0.2, 0) is 11.3 Å². The first-order valence-electron chi connectivity index (χ1n) is 7.50. The third kappa shape index (κ3) is 4.47. The highest BCUT2D eigenvalue weighted by atomic mass is 19.3. The van der Waals surface area contributed by atoms with Crippen LogP contribution in [0.3, 0.4) is 0 Å². The van der Waals surface area contributed by atoms with Crippen molar-refractivity contribution in [3.05, 3.63) is 59.7 Å². The zero-order valence-electron chi connectivity index (χ0n) is 13.1. The standard InChI is InChI=1S/C18H15F2NO4/c19-18(20)25-14-4-2-1-3-13(14)6-8-17(22)21-10-12-5-7-15-16(9-12)24-11-23-15/h1-9,18H,10-11H2,(H,21,22)/b8-6+. The SMILES string of the molecule is O=C(/C=C/c1ccccc1OC(F)F)NCc1ccc2c(c1)OCO2. The molecule has 0 saturated heterocycles. The summed E-state index contributed by atoms with van der Waals surface area (Å²) < 4.78 is 39.6. The molecule has 0 radical (unpaired) electrons. The molecule has 5 nitrogen and oxygen atoms in total. The minimum Gasteiger partial charge on any atom is -0.454 e. The van der Waals surface area contributed by atoms with Crippen LogP contribution in [0.4, 0.5) is 8.78 Å². The van der Waals surface area contributed by atoms with Gasteiger partial charge in [0.2, 0.25) is 12.7 Å². The fourth-order valence-corrected chi connectivity index (χ4v) is 2.29. The maximum Gasteiger partial charge on any atom is 0.387 e. The largest absolute Gasteiger partial charge is 0.454 e. The van der Waals surface area contributed by atoms with Crippen LogP contribution in [0.15, 0.2) is 48.5 Å². The van der Waals surface area contributed by atoms with Crippen molar-refractivity contribution in [2.45, 2.75) is 13.2 Å². The number of alkyl halides is 2. The minimum atomic E-state index is -2.92. The summed E-state index contributed by atoms with van der Waals surface area (Å²) in [6.07, 6.45) is 2.69. The number of nitrogens with one attached hydrogen (secondary N) is 1. The molecule has 1 N–H and O–H groups in total. The summed E-state index contributed by atoms with van der Waals surface area (Å²) in [6, 6.07) is 11.6. The van der Waals surface area contributed by atoms with Crippen molar-refractivity contribution in [1.29, 1.82) is 0 Å². The molecule has 1 aliphatic rings. The van der Waals surface area contributed by atoms with E-state index in [1.807, 2.05) is 6.07 Å². The van der Waals surface area contributed by atoms with Crippen molar-refractivity contribution < 1.29 is 27.8 Å². The molecule has 0 fully saturated rings. The summed E-state index contributed by atoms with van der Waals surface area (Å²) in [6.45, 7) is -2.43. The lowest BCUT2D eigenvalue weighted by molar-refractivity contribution is -0.116. The normalized spacial score (nSPS) is 12.6. The molecule has 2 aromatic rings. The predicted octanol–water partition coefficient (Wildman–Crippen LogP) is 3.35. The van der Waals surface area contributed by atoms with E-state index < -0.39 is 6.61 Å². The first kappa shape index (κ1) is 16.8. The molecule has 2 aromatic carbocycles. The van der Waals surface area contributed by atoms with Gasteiger partial charge in [0.15, 0.2) is 11.5 Å². The Labute approximate surface area is 142 Å². The average Bonchev–Trinajstić information content (AvgIpc) is 3.06. The van der Waals surface area contributed by atoms with E-state index in [1.165, 1.54) is 18.2 Å². The maximum atomic E-state index is 12.4. The number of benzene rings is 2. The van der Waals surface area contributed by atoms with Crippen molar-refractivity contribution in [3.8, 4) is 17.2 Å². The summed E-state index contributed by atoms with van der Waals surface area (Å²) >= 11 is 0. The molecule has 0 saturated carbocycles. The molecule has 0 aliphatic carbocycles. The minimum absolute atomic E-state index is 0.0114. The number of carbonyl (C=O) groups is 1. The Morgan fingerprint density at radius 2 is 2.00 bits per heavy atom. The summed E-state index contributed by atoms with van der Waals surface area (Å²) in [5.74, 6) is 0.966. The first-order chi connectivity index (χ1) is 12.1. The van der Waals surface area contributed by atoms with Crippen molar-refractivity contribution in [2.24, 2.45) is 0 Å². The molecule has 0 spiro atoms. The maximum absolute atomic E-state index is 12.4. The Morgan fingerprint density at radius 1 is 1.20 bits per heavy atom. The van der Waals surface area contributed by atoms with E-state index in [-0.39, 0.29) is 18.4 Å². The second-order valence-corrected chi connectivity index (χ2v) is 5.16. The molecule has 3 rings (SSSR count). The van der Waals surface area contributed by atoms with Gasteiger partial charge in [0.1, 0.15) is 5.75 Å². The monoisotopic (exact) mass is 347 g/mol. The zero-order chi connectivity index (χ0) is 17.6. The highest BCUT2D eigenvalue weighted by Crippen LogP contribution is 2.32. The number of hydrogen-bond acceptors (Lipinski definition) is 4. The molecular weight excluding hydrogens is 332 g/mol. The lowest BCUT2D eigenvalue weighted by Crippen LogP contribution is -2.20. The second kappa shape index (κ2) is 7.65. The van der Waals surface area contributed by atoms with Gasteiger partial charge in [0, 0.05) is 18.2 Å². The Morgan fingerprint density at radius 3 is 2.84 bits per heavy atom. The molecule has 7 heteroatoms. The molecule has 0 aromatic heterocycles. The van der Waals surface area contributed by atoms with Gasteiger partial charge in [0.25, 0.3) is 0 Å². The van der Waals surface area contributed by atoms with Crippen molar-refractivity contribution in [3.63, 3.8) is 0 Å². The number of rotatable bonds is 6. The van der Waals surface area contributed by atoms with Crippen LogP contribution in [0.25, 0.3) is 6.08 Å². The van der Waals surface area contributed by atoms with E-state index in [4.69, 9.17) is 9.47 Å². The second-order valence-electron chi connectivity index (χ2n) is 5.16. The number of hydrogen-bond donors (Lipinski definition) is 1. The van der Waals surface area contributed by atoms with E-state index in [0.717, 1.165) is 5.56 Å². The van der Waals surface area contributed by atoms with Gasteiger partial charge in [-0.15, -0.1) is 0 Å². The molecule has 1 aliphatic heterocycles. The summed E-state index contributed by atoms with van der Waals surface area (Å²) in [5.41, 5.74) is 1.24. The Balaban J connectivity index is 1.58. The van der Waals surface area contributed by atoms with Crippen molar-refractivity contribution in [2.75, 3.05) is 6.79 Å². The first-order valence-corrected chi connectivity index (χ1v) is 7.50. The number of halogens is 2. The summed E-state index contributed by atoms with van der Waals surface area (Å²) in [4.78, 5) is 11.9. The Kier molecular flexibility index (Phi) is 5.13. The quantitative estimate of drug-likeness (QED) is 0.815. The van der Waals surface area contributed by atoms with Crippen LogP contribution < -0.4 is 19.5 Å². The predicted molar refractivity (Wildman–Crippen MR) is 86.5 cm³/mol. The number of para-hydroxylation sites is 1. The topological polar surface area (TPSA) is 56.8 Å². The average molecular weight is 347 g/mol. The zero-order valence-corrected chi connectivity index (χ0v) is 13.1. The lowest BCUT2D eigenvalue weighted by atomic mass is 10.2. The number of carbonyl (C=O) groups excluding carboxylic acids is 1. The van der Waals surface area contributed by atoms with Crippen LogP contribution in [-0.4, -0.2) is 19.3 Å². The van der Waals surface area contributed by atoms with Crippen LogP contribution in [0, 0.1) is 0 Å². The third-order valence-electron chi connectivity index (χ3n) is 3.45. The molecule has 1 heterocycles. The van der Waals surface area contributed by atoms with Gasteiger partial charge in [-0.1, -0.05) is 24.3 Å². The molecule has 0 unspecified atom stereocenters. The molecule has 25 heavy (non-hydrogen) atoms. The molecule has 0 bridgehead atoms. The number of fused-ring (bicyclic) bond motifs is 1. The van der Waals surface area contributed by atoms with Gasteiger partial charge in [-0.3, -0.25) is 4.79 Å². The van der Waals surface area contributed by atoms with Crippen LogP contribution in [0.2, 0.25) is 0 Å². The summed E-state index contributed by atoms with van der Waals surface area (Å²) in [7, 11) is 0. The summed E-state index contributed by atoms with van der Waals surface area (Å²) in [5, 5.41) is 2.71. The Bertz CT molecular complexity index is 792. The van der Waals surface area contributed by atoms with E-state index in [1.54, 1.807) is 30.3 Å². The van der Waals surface area contributed by atoms with Crippen LogP contribution >= 0.6 is 0 Å². The highest BCUT2D eigenvalue weighted by Gasteiger charge is 2.13. The molecule has 1 amide bonds. The fourth-order valence-electron chi connectivity index (χ4n) is 2.29. The van der Waals surface area contributed by atoms with Gasteiger partial charge < -0.3 is 19.5 Å². The highest BCUT2D eigenvalue weighted by molar-refractivity contribution is 5.92. The van der Waals surface area contributed by atoms with Gasteiger partial charge in [-0.05, 0) is 29.8 Å². The smallest absolute Gasteiger partial charge is 0.387 e. The number of ether oxygens (including phenoxy) is 3. The van der Waals surface area contributed by atoms with E-state index in [0.29, 0.717) is 23.6 Å². The van der Waals surface area contributed by atoms with Gasteiger partial charge in [-0.25, -0.2) is 0 Å². The van der Waals surface area contributed by atoms with E-state index in [2.05, 4.69) is 10.1 Å². The molecular formula is C18H15F2NO4. The van der Waals surface area contributed by atoms with Gasteiger partial charge in [-0.2, -0.15) is 8.78 Å². The number of amides is 1. The van der Waals surface area contributed by atoms with E-state index >= 15 is 0 Å². The van der Waals surface area contributed by atoms with Crippen molar-refractivity contribution in [1.82, 2.24) is 5.32 Å². The van der Waals surface area contributed by atoms with Crippen molar-refractivity contribution >= 4 is 12.0 Å². The van der Waals surface area contributed by atoms with E-state index in [9.17, 15) is 13.6 Å². The fraction of sp³-hybridized carbons (Fsp3) is 0.167. The van der Waals surface area contributed by atoms with Gasteiger partial charge in [0.05, 0.1) is 0 Å². The molecule has 130 valence electrons. The molecule has 0 atom stereocenters. The Hall–Kier alpha value is -3.09. The third-order valence-corrected chi connectivity index (χ3v) is 3.45. The van der Waals surface area contributed by atoms with Crippen LogP contribution in [0.1, 0.15) is 11.1 Å². The lowest BCUT2D eigenvalue weighted by Gasteiger charge is -2.07. The van der Waals surface area contributed by atoms with Crippen LogP contribution in [0.5, 0.6) is 17.2 Å².